The van der Waals surface area contributed by atoms with Gasteiger partial charge in [-0.1, -0.05) is 0 Å². The van der Waals surface area contributed by atoms with Crippen molar-refractivity contribution in [3.8, 4) is 0 Å². The van der Waals surface area contributed by atoms with Crippen molar-refractivity contribution in [1.29, 1.82) is 0 Å². The Balaban J connectivity index is 0.000000184. The Bertz CT molecular complexity index is 1180. The van der Waals surface area contributed by atoms with Crippen molar-refractivity contribution < 1.29 is 23.1 Å². The van der Waals surface area contributed by atoms with Crippen molar-refractivity contribution in [1.82, 2.24) is 18.7 Å². The Morgan fingerprint density at radius 3 is 2.40 bits per heavy atom. The van der Waals surface area contributed by atoms with Crippen molar-refractivity contribution in [3.63, 3.8) is 0 Å². The molecule has 0 aliphatic carbocycles. The lowest BCUT2D eigenvalue weighted by Gasteiger charge is -2.15. The van der Waals surface area contributed by atoms with Gasteiger partial charge in [-0.3, -0.25) is 9.20 Å². The van der Waals surface area contributed by atoms with Gasteiger partial charge in [0, 0.05) is 49.5 Å². The molecular weight excluding hydrogens is 412 g/mol. The quantitative estimate of drug-likeness (QED) is 0.514. The highest BCUT2D eigenvalue weighted by atomic mass is 32.2. The molecule has 12 heteroatoms. The predicted molar refractivity (Wildman–Crippen MR) is 106 cm³/mol. The predicted octanol–water partition coefficient (Wildman–Crippen LogP) is -0.0653. The number of nitrogens with two attached hydrogens (primary N) is 2. The van der Waals surface area contributed by atoms with E-state index in [1.165, 1.54) is 41.0 Å². The topological polar surface area (TPSA) is 174 Å². The summed E-state index contributed by atoms with van der Waals surface area (Å²) in [5.74, 6) is -1.07. The lowest BCUT2D eigenvalue weighted by molar-refractivity contribution is 0.0695. The molecule has 0 spiro atoms. The van der Waals surface area contributed by atoms with Crippen LogP contribution in [-0.4, -0.2) is 63.2 Å². The summed E-state index contributed by atoms with van der Waals surface area (Å²) in [4.78, 5) is 29.3. The zero-order valence-corrected chi connectivity index (χ0v) is 16.6. The first-order valence-corrected chi connectivity index (χ1v) is 10.3. The molecule has 3 aromatic rings. The number of aromatic carboxylic acids is 1. The number of carboxylic acid groups (broad SMARTS) is 1. The first kappa shape index (κ1) is 21.4. The number of benzene rings is 1. The molecular formula is C18H20N6O5S. The summed E-state index contributed by atoms with van der Waals surface area (Å²) >= 11 is 0. The molecule has 1 saturated heterocycles. The third-order valence-electron chi connectivity index (χ3n) is 4.46. The number of hydrogen-bond donors (Lipinski definition) is 3. The molecule has 1 unspecified atom stereocenters. The SMILES string of the molecule is NC(=O)c1ccc(S(=O)(=O)N2CCC(N)C2)cc1.O=C(O)c1cnc2nccn2c1. The summed E-state index contributed by atoms with van der Waals surface area (Å²) in [6.45, 7) is 0.765. The van der Waals surface area contributed by atoms with E-state index in [0.29, 0.717) is 25.3 Å². The van der Waals surface area contributed by atoms with Gasteiger partial charge in [-0.15, -0.1) is 0 Å². The molecule has 0 radical (unpaired) electrons. The third kappa shape index (κ3) is 4.62. The molecule has 158 valence electrons. The maximum absolute atomic E-state index is 12.2. The summed E-state index contributed by atoms with van der Waals surface area (Å²) in [5, 5.41) is 8.61. The van der Waals surface area contributed by atoms with Crippen LogP contribution in [0.4, 0.5) is 0 Å². The largest absolute Gasteiger partial charge is 0.478 e. The van der Waals surface area contributed by atoms with E-state index < -0.39 is 21.9 Å². The van der Waals surface area contributed by atoms with Crippen molar-refractivity contribution in [2.24, 2.45) is 11.5 Å². The van der Waals surface area contributed by atoms with Crippen molar-refractivity contribution >= 4 is 27.7 Å². The first-order valence-electron chi connectivity index (χ1n) is 8.86. The van der Waals surface area contributed by atoms with Gasteiger partial charge in [0.1, 0.15) is 0 Å². The Morgan fingerprint density at radius 1 is 1.13 bits per heavy atom. The van der Waals surface area contributed by atoms with Gasteiger partial charge in [-0.25, -0.2) is 23.2 Å². The van der Waals surface area contributed by atoms with E-state index in [1.807, 2.05) is 0 Å². The molecule has 1 aliphatic rings. The summed E-state index contributed by atoms with van der Waals surface area (Å²) in [7, 11) is -3.51. The highest BCUT2D eigenvalue weighted by molar-refractivity contribution is 7.89. The van der Waals surface area contributed by atoms with Gasteiger partial charge in [-0.05, 0) is 30.7 Å². The fourth-order valence-electron chi connectivity index (χ4n) is 2.84. The number of fused-ring (bicyclic) bond motifs is 1. The number of nitrogens with zero attached hydrogens (tertiary/aromatic N) is 4. The van der Waals surface area contributed by atoms with Crippen LogP contribution in [0, 0.1) is 0 Å². The van der Waals surface area contributed by atoms with E-state index in [4.69, 9.17) is 16.6 Å². The molecule has 4 rings (SSSR count). The van der Waals surface area contributed by atoms with E-state index in [-0.39, 0.29) is 22.1 Å². The number of aromatic nitrogens is 3. The molecule has 5 N–H and O–H groups in total. The average molecular weight is 432 g/mol. The number of amides is 1. The average Bonchev–Trinajstić information content (AvgIpc) is 3.37. The number of primary amides is 1. The number of hydrogen-bond acceptors (Lipinski definition) is 7. The molecule has 1 amide bonds. The molecule has 11 nitrogen and oxygen atoms in total. The van der Waals surface area contributed by atoms with Gasteiger partial charge in [0.2, 0.25) is 21.7 Å². The Kier molecular flexibility index (Phi) is 6.10. The summed E-state index contributed by atoms with van der Waals surface area (Å²) in [5.41, 5.74) is 11.2. The number of imidazole rings is 1. The molecule has 1 aromatic carbocycles. The van der Waals surface area contributed by atoms with Crippen molar-refractivity contribution in [2.45, 2.75) is 17.4 Å². The Morgan fingerprint density at radius 2 is 1.83 bits per heavy atom. The standard InChI is InChI=1S/C11H15N3O3S.C7H5N3O2/c12-9-5-6-14(7-9)18(16,17)10-3-1-8(2-4-10)11(13)15;11-6(12)5-3-9-7-8-1-2-10(7)4-5/h1-4,9H,5-7,12H2,(H2,13,15);1-4H,(H,11,12). The van der Waals surface area contributed by atoms with Gasteiger partial charge in [0.05, 0.1) is 10.5 Å². The lowest BCUT2D eigenvalue weighted by Crippen LogP contribution is -2.32. The van der Waals surface area contributed by atoms with Crippen molar-refractivity contribution in [3.05, 3.63) is 60.2 Å². The van der Waals surface area contributed by atoms with Crippen LogP contribution in [0.1, 0.15) is 27.1 Å². The van der Waals surface area contributed by atoms with E-state index in [0.717, 1.165) is 0 Å². The molecule has 30 heavy (non-hydrogen) atoms. The minimum absolute atomic E-state index is 0.107. The zero-order chi connectivity index (χ0) is 21.9. The number of carbonyl (C=O) groups excluding carboxylic acids is 1. The second-order valence-corrected chi connectivity index (χ2v) is 8.52. The minimum Gasteiger partial charge on any atom is -0.478 e. The van der Waals surface area contributed by atoms with Crippen LogP contribution < -0.4 is 11.5 Å². The lowest BCUT2D eigenvalue weighted by atomic mass is 10.2. The second kappa shape index (κ2) is 8.57. The summed E-state index contributed by atoms with van der Waals surface area (Å²) < 4.78 is 27.3. The van der Waals surface area contributed by atoms with Crippen LogP contribution in [0.2, 0.25) is 0 Å². The van der Waals surface area contributed by atoms with Gasteiger partial charge < -0.3 is 16.6 Å². The van der Waals surface area contributed by atoms with Crippen LogP contribution >= 0.6 is 0 Å². The summed E-state index contributed by atoms with van der Waals surface area (Å²) in [6.07, 6.45) is 6.63. The molecule has 0 bridgehead atoms. The van der Waals surface area contributed by atoms with E-state index in [2.05, 4.69) is 9.97 Å². The van der Waals surface area contributed by atoms with Crippen molar-refractivity contribution in [2.75, 3.05) is 13.1 Å². The zero-order valence-electron chi connectivity index (χ0n) is 15.7. The maximum Gasteiger partial charge on any atom is 0.338 e. The van der Waals surface area contributed by atoms with E-state index in [1.54, 1.807) is 16.8 Å². The maximum atomic E-state index is 12.2. The van der Waals surface area contributed by atoms with Crippen LogP contribution in [0.25, 0.3) is 5.78 Å². The van der Waals surface area contributed by atoms with Crippen LogP contribution in [0.15, 0.2) is 53.9 Å². The number of carboxylic acids is 1. The molecule has 0 saturated carbocycles. The first-order chi connectivity index (χ1) is 14.2. The highest BCUT2D eigenvalue weighted by Gasteiger charge is 2.30. The van der Waals surface area contributed by atoms with Gasteiger partial charge in [0.25, 0.3) is 0 Å². The molecule has 2 aromatic heterocycles. The minimum atomic E-state index is -3.51. The molecule has 1 atom stereocenters. The second-order valence-electron chi connectivity index (χ2n) is 6.58. The number of sulfonamides is 1. The van der Waals surface area contributed by atoms with E-state index >= 15 is 0 Å². The summed E-state index contributed by atoms with van der Waals surface area (Å²) in [6, 6.07) is 5.49. The highest BCUT2D eigenvalue weighted by Crippen LogP contribution is 2.20. The van der Waals surface area contributed by atoms with Crippen LogP contribution in [0.5, 0.6) is 0 Å². The van der Waals surface area contributed by atoms with E-state index in [9.17, 15) is 18.0 Å². The van der Waals surface area contributed by atoms with Gasteiger partial charge in [0.15, 0.2) is 0 Å². The molecule has 1 fully saturated rings. The van der Waals surface area contributed by atoms with Gasteiger partial charge in [-0.2, -0.15) is 4.31 Å². The smallest absolute Gasteiger partial charge is 0.338 e. The normalized spacial score (nSPS) is 16.8. The van der Waals surface area contributed by atoms with Crippen LogP contribution in [-0.2, 0) is 10.0 Å². The number of carbonyl (C=O) groups is 2. The monoisotopic (exact) mass is 432 g/mol. The molecule has 3 heterocycles. The number of rotatable bonds is 4. The fraction of sp³-hybridized carbons (Fsp3) is 0.222. The molecule has 1 aliphatic heterocycles. The van der Waals surface area contributed by atoms with Crippen LogP contribution in [0.3, 0.4) is 0 Å². The van der Waals surface area contributed by atoms with Gasteiger partial charge >= 0.3 is 5.97 Å². The Hall–Kier alpha value is -3.35. The Labute approximate surface area is 172 Å². The fourth-order valence-corrected chi connectivity index (χ4v) is 4.35. The third-order valence-corrected chi connectivity index (χ3v) is 6.34.